The SMILES string of the molecule is c1nc(Nc2ccc(N3CCOCC3)cc2)c2cc(-c3occc3C3COCO3)ccc2n1. The Morgan fingerprint density at radius 3 is 2.64 bits per heavy atom. The number of morpholine rings is 1. The van der Waals surface area contributed by atoms with Crippen LogP contribution in [0.4, 0.5) is 17.2 Å². The maximum atomic E-state index is 5.83. The van der Waals surface area contributed by atoms with Crippen molar-refractivity contribution < 1.29 is 18.6 Å². The van der Waals surface area contributed by atoms with Crippen LogP contribution in [0.2, 0.25) is 0 Å². The zero-order valence-corrected chi connectivity index (χ0v) is 18.1. The lowest BCUT2D eigenvalue weighted by Crippen LogP contribution is -2.36. The summed E-state index contributed by atoms with van der Waals surface area (Å²) in [7, 11) is 0. The van der Waals surface area contributed by atoms with E-state index in [1.807, 2.05) is 18.2 Å². The second kappa shape index (κ2) is 8.82. The summed E-state index contributed by atoms with van der Waals surface area (Å²) in [6.45, 7) is 4.20. The van der Waals surface area contributed by atoms with Gasteiger partial charge in [0.1, 0.15) is 30.8 Å². The maximum Gasteiger partial charge on any atom is 0.147 e. The van der Waals surface area contributed by atoms with Crippen LogP contribution in [-0.2, 0) is 14.2 Å². The highest BCUT2D eigenvalue weighted by Crippen LogP contribution is 2.35. The standard InChI is InChI=1S/C25H24N4O4/c1-6-22-21(13-17(1)24-20(7-10-32-24)23-14-31-16-33-23)25(27-15-26-22)28-18-2-4-19(5-3-18)29-8-11-30-12-9-29/h1-7,10,13,15,23H,8-9,11-12,14,16H2,(H,26,27,28). The summed E-state index contributed by atoms with van der Waals surface area (Å²) in [4.78, 5) is 11.3. The Hall–Kier alpha value is -3.46. The fourth-order valence-corrected chi connectivity index (χ4v) is 4.33. The average Bonchev–Trinajstić information content (AvgIpc) is 3.57. The van der Waals surface area contributed by atoms with E-state index < -0.39 is 0 Å². The third-order valence-electron chi connectivity index (χ3n) is 6.07. The van der Waals surface area contributed by atoms with E-state index in [0.29, 0.717) is 13.4 Å². The van der Waals surface area contributed by atoms with Crippen LogP contribution in [0, 0.1) is 0 Å². The molecule has 2 fully saturated rings. The Morgan fingerprint density at radius 1 is 0.939 bits per heavy atom. The first-order valence-corrected chi connectivity index (χ1v) is 11.1. The summed E-state index contributed by atoms with van der Waals surface area (Å²) in [6, 6.07) is 16.4. The van der Waals surface area contributed by atoms with Gasteiger partial charge in [0.05, 0.1) is 31.6 Å². The van der Waals surface area contributed by atoms with Gasteiger partial charge in [-0.25, -0.2) is 9.97 Å². The summed E-state index contributed by atoms with van der Waals surface area (Å²) in [5.41, 5.74) is 4.94. The molecule has 6 rings (SSSR count). The molecule has 8 heteroatoms. The molecule has 2 aliphatic rings. The molecule has 0 bridgehead atoms. The predicted molar refractivity (Wildman–Crippen MR) is 125 cm³/mol. The van der Waals surface area contributed by atoms with Crippen molar-refractivity contribution in [2.75, 3.05) is 49.9 Å². The van der Waals surface area contributed by atoms with Gasteiger partial charge in [0, 0.05) is 41.0 Å². The monoisotopic (exact) mass is 444 g/mol. The van der Waals surface area contributed by atoms with E-state index in [9.17, 15) is 0 Å². The number of rotatable bonds is 5. The first kappa shape index (κ1) is 20.2. The lowest BCUT2D eigenvalue weighted by molar-refractivity contribution is 0.0466. The average molecular weight is 444 g/mol. The van der Waals surface area contributed by atoms with Crippen LogP contribution in [0.25, 0.3) is 22.2 Å². The summed E-state index contributed by atoms with van der Waals surface area (Å²) in [6.07, 6.45) is 3.14. The molecule has 33 heavy (non-hydrogen) atoms. The van der Waals surface area contributed by atoms with Gasteiger partial charge in [0.25, 0.3) is 0 Å². The number of nitrogens with zero attached hydrogens (tertiary/aromatic N) is 3. The minimum atomic E-state index is -0.121. The lowest BCUT2D eigenvalue weighted by atomic mass is 10.0. The van der Waals surface area contributed by atoms with Crippen molar-refractivity contribution in [2.24, 2.45) is 0 Å². The molecule has 8 nitrogen and oxygen atoms in total. The van der Waals surface area contributed by atoms with Gasteiger partial charge in [-0.15, -0.1) is 0 Å². The number of fused-ring (bicyclic) bond motifs is 1. The molecule has 0 saturated carbocycles. The van der Waals surface area contributed by atoms with E-state index in [2.05, 4.69) is 50.5 Å². The zero-order valence-electron chi connectivity index (χ0n) is 18.1. The van der Waals surface area contributed by atoms with Gasteiger partial charge >= 0.3 is 0 Å². The molecule has 4 heterocycles. The molecule has 2 aliphatic heterocycles. The topological polar surface area (TPSA) is 81.9 Å². The number of furan rings is 1. The normalized spacial score (nSPS) is 18.7. The highest BCUT2D eigenvalue weighted by molar-refractivity contribution is 5.93. The van der Waals surface area contributed by atoms with Crippen LogP contribution < -0.4 is 10.2 Å². The van der Waals surface area contributed by atoms with Crippen molar-refractivity contribution in [3.63, 3.8) is 0 Å². The van der Waals surface area contributed by atoms with E-state index in [0.717, 1.165) is 65.6 Å². The number of benzene rings is 2. The van der Waals surface area contributed by atoms with E-state index in [-0.39, 0.29) is 6.10 Å². The van der Waals surface area contributed by atoms with Gasteiger partial charge in [0.15, 0.2) is 0 Å². The van der Waals surface area contributed by atoms with Crippen molar-refractivity contribution in [3.8, 4) is 11.3 Å². The minimum absolute atomic E-state index is 0.121. The zero-order chi connectivity index (χ0) is 22.0. The molecule has 2 aromatic carbocycles. The quantitative estimate of drug-likeness (QED) is 0.481. The molecule has 1 atom stereocenters. The Balaban J connectivity index is 1.29. The van der Waals surface area contributed by atoms with Crippen molar-refractivity contribution in [3.05, 3.63) is 66.7 Å². The largest absolute Gasteiger partial charge is 0.464 e. The van der Waals surface area contributed by atoms with Gasteiger partial charge in [0.2, 0.25) is 0 Å². The minimum Gasteiger partial charge on any atom is -0.464 e. The van der Waals surface area contributed by atoms with Crippen LogP contribution >= 0.6 is 0 Å². The van der Waals surface area contributed by atoms with Gasteiger partial charge in [-0.2, -0.15) is 0 Å². The molecule has 1 unspecified atom stereocenters. The Morgan fingerprint density at radius 2 is 1.82 bits per heavy atom. The number of hydrogen-bond donors (Lipinski definition) is 1. The Kier molecular flexibility index (Phi) is 5.39. The second-order valence-corrected chi connectivity index (χ2v) is 8.07. The summed E-state index contributed by atoms with van der Waals surface area (Å²) >= 11 is 0. The van der Waals surface area contributed by atoms with E-state index in [1.165, 1.54) is 5.69 Å². The molecular formula is C25H24N4O4. The van der Waals surface area contributed by atoms with Crippen molar-refractivity contribution in [1.82, 2.24) is 9.97 Å². The highest BCUT2D eigenvalue weighted by Gasteiger charge is 2.24. The first-order valence-electron chi connectivity index (χ1n) is 11.1. The number of anilines is 3. The molecule has 168 valence electrons. The van der Waals surface area contributed by atoms with E-state index in [1.54, 1.807) is 12.6 Å². The van der Waals surface area contributed by atoms with Crippen molar-refractivity contribution >= 4 is 28.1 Å². The number of aromatic nitrogens is 2. The fourth-order valence-electron chi connectivity index (χ4n) is 4.33. The van der Waals surface area contributed by atoms with Crippen LogP contribution in [-0.4, -0.2) is 49.7 Å². The molecular weight excluding hydrogens is 420 g/mol. The molecule has 0 aliphatic carbocycles. The molecule has 1 N–H and O–H groups in total. The number of hydrogen-bond acceptors (Lipinski definition) is 8. The van der Waals surface area contributed by atoms with E-state index in [4.69, 9.17) is 18.6 Å². The molecule has 4 aromatic rings. The Labute approximate surface area is 191 Å². The van der Waals surface area contributed by atoms with Gasteiger partial charge in [-0.3, -0.25) is 0 Å². The lowest BCUT2D eigenvalue weighted by Gasteiger charge is -2.28. The van der Waals surface area contributed by atoms with Gasteiger partial charge in [-0.1, -0.05) is 0 Å². The van der Waals surface area contributed by atoms with E-state index >= 15 is 0 Å². The molecule has 0 radical (unpaired) electrons. The first-order chi connectivity index (χ1) is 16.3. The Bertz CT molecular complexity index is 1240. The maximum absolute atomic E-state index is 5.83. The predicted octanol–water partition coefficient (Wildman–Crippen LogP) is 4.52. The third-order valence-corrected chi connectivity index (χ3v) is 6.07. The van der Waals surface area contributed by atoms with Crippen molar-refractivity contribution in [1.29, 1.82) is 0 Å². The molecule has 2 aromatic heterocycles. The van der Waals surface area contributed by atoms with Gasteiger partial charge in [-0.05, 0) is 48.5 Å². The fraction of sp³-hybridized carbons (Fsp3) is 0.280. The molecule has 0 spiro atoms. The second-order valence-electron chi connectivity index (χ2n) is 8.07. The molecule has 2 saturated heterocycles. The summed E-state index contributed by atoms with van der Waals surface area (Å²) in [5.74, 6) is 1.52. The summed E-state index contributed by atoms with van der Waals surface area (Å²) < 4.78 is 22.3. The van der Waals surface area contributed by atoms with Crippen molar-refractivity contribution in [2.45, 2.75) is 6.10 Å². The summed E-state index contributed by atoms with van der Waals surface area (Å²) in [5, 5.41) is 4.36. The van der Waals surface area contributed by atoms with Crippen LogP contribution in [0.3, 0.4) is 0 Å². The van der Waals surface area contributed by atoms with Crippen LogP contribution in [0.1, 0.15) is 11.7 Å². The van der Waals surface area contributed by atoms with Crippen LogP contribution in [0.15, 0.2) is 65.5 Å². The third kappa shape index (κ3) is 4.04. The molecule has 0 amide bonds. The number of nitrogens with one attached hydrogen (secondary N) is 1. The van der Waals surface area contributed by atoms with Gasteiger partial charge < -0.3 is 28.8 Å². The number of ether oxygens (including phenoxy) is 3. The smallest absolute Gasteiger partial charge is 0.147 e. The highest BCUT2D eigenvalue weighted by atomic mass is 16.7. The van der Waals surface area contributed by atoms with Crippen LogP contribution in [0.5, 0.6) is 0 Å².